The van der Waals surface area contributed by atoms with Gasteiger partial charge in [0.05, 0.1) is 17.8 Å². The number of urea groups is 1. The average Bonchev–Trinajstić information content (AvgIpc) is 2.65. The summed E-state index contributed by atoms with van der Waals surface area (Å²) >= 11 is 11.6. The molecule has 0 atom stereocenters. The van der Waals surface area contributed by atoms with E-state index in [1.54, 1.807) is 4.72 Å². The summed E-state index contributed by atoms with van der Waals surface area (Å²) in [5, 5.41) is 4.44. The van der Waals surface area contributed by atoms with Gasteiger partial charge >= 0.3 is 12.0 Å². The van der Waals surface area contributed by atoms with E-state index in [0.717, 1.165) is 0 Å². The fourth-order valence-electron chi connectivity index (χ4n) is 2.23. The average molecular weight is 477 g/mol. The van der Waals surface area contributed by atoms with Gasteiger partial charge in [-0.2, -0.15) is 15.0 Å². The van der Waals surface area contributed by atoms with Crippen LogP contribution in [0.2, 0.25) is 5.02 Å². The highest BCUT2D eigenvalue weighted by atomic mass is 35.5. The Bertz CT molecular complexity index is 1050. The lowest BCUT2D eigenvalue weighted by Gasteiger charge is -2.14. The Morgan fingerprint density at radius 3 is 2.57 bits per heavy atom. The largest absolute Gasteiger partial charge is 0.467 e. The standard InChI is InChI=1S/C16H18Cl2N6O5S/c1-9-19-14(23-16(20-9)29-2)22-15(26)24-30(27,28)13-10(18)5-3-6-11(13)21-12(25)7-4-8-17/h3,5-6H,4,7-8H2,1-2H3,(H,21,25)(H2,19,20,22,23,24,26). The molecule has 0 spiro atoms. The molecule has 1 aromatic carbocycles. The molecule has 2 aromatic rings. The van der Waals surface area contributed by atoms with Crippen molar-refractivity contribution >= 4 is 56.8 Å². The van der Waals surface area contributed by atoms with Gasteiger partial charge in [0.1, 0.15) is 10.7 Å². The maximum atomic E-state index is 12.8. The van der Waals surface area contributed by atoms with Crippen molar-refractivity contribution in [3.8, 4) is 6.01 Å². The summed E-state index contributed by atoms with van der Waals surface area (Å²) in [6.45, 7) is 1.53. The molecule has 3 amide bonds. The fourth-order valence-corrected chi connectivity index (χ4v) is 3.97. The van der Waals surface area contributed by atoms with Crippen LogP contribution in [-0.4, -0.2) is 48.3 Å². The van der Waals surface area contributed by atoms with Crippen LogP contribution in [0.15, 0.2) is 23.1 Å². The molecular formula is C16H18Cl2N6O5S. The third-order valence-electron chi connectivity index (χ3n) is 3.41. The number of aromatic nitrogens is 3. The number of ether oxygens (including phenoxy) is 1. The molecule has 1 heterocycles. The van der Waals surface area contributed by atoms with Crippen molar-refractivity contribution in [2.45, 2.75) is 24.7 Å². The van der Waals surface area contributed by atoms with Crippen LogP contribution >= 0.6 is 23.2 Å². The van der Waals surface area contributed by atoms with E-state index in [1.165, 1.54) is 32.2 Å². The SMILES string of the molecule is COc1nc(C)nc(NC(=O)NS(=O)(=O)c2c(Cl)cccc2NC(=O)CCCCl)n1. The van der Waals surface area contributed by atoms with E-state index in [1.807, 2.05) is 0 Å². The number of amides is 3. The number of carbonyl (C=O) groups excluding carboxylic acids is 2. The smallest absolute Gasteiger partial charge is 0.335 e. The van der Waals surface area contributed by atoms with Gasteiger partial charge in [0, 0.05) is 12.3 Å². The van der Waals surface area contributed by atoms with E-state index in [2.05, 4.69) is 25.6 Å². The molecular weight excluding hydrogens is 459 g/mol. The molecule has 0 aliphatic rings. The van der Waals surface area contributed by atoms with Gasteiger partial charge in [-0.3, -0.25) is 10.1 Å². The number of carbonyl (C=O) groups is 2. The first kappa shape index (κ1) is 23.6. The Kier molecular flexibility index (Phi) is 8.15. The van der Waals surface area contributed by atoms with Gasteiger partial charge in [-0.25, -0.2) is 17.9 Å². The van der Waals surface area contributed by atoms with E-state index in [4.69, 9.17) is 27.9 Å². The summed E-state index contributed by atoms with van der Waals surface area (Å²) in [6.07, 6.45) is 0.496. The summed E-state index contributed by atoms with van der Waals surface area (Å²) in [5.74, 6) is -0.155. The van der Waals surface area contributed by atoms with Crippen molar-refractivity contribution < 1.29 is 22.7 Å². The monoisotopic (exact) mass is 476 g/mol. The summed E-state index contributed by atoms with van der Waals surface area (Å²) < 4.78 is 32.2. The predicted octanol–water partition coefficient (Wildman–Crippen LogP) is 2.31. The number of halogens is 2. The first-order valence-electron chi connectivity index (χ1n) is 8.41. The number of anilines is 2. The zero-order valence-corrected chi connectivity index (χ0v) is 18.2. The summed E-state index contributed by atoms with van der Waals surface area (Å²) in [6, 6.07) is 2.90. The number of hydrogen-bond donors (Lipinski definition) is 3. The molecule has 30 heavy (non-hydrogen) atoms. The van der Waals surface area contributed by atoms with E-state index < -0.39 is 26.9 Å². The van der Waals surface area contributed by atoms with Crippen molar-refractivity contribution in [2.75, 3.05) is 23.6 Å². The molecule has 0 bridgehead atoms. The number of hydrogen-bond acceptors (Lipinski definition) is 8. The van der Waals surface area contributed by atoms with Gasteiger partial charge in [0.15, 0.2) is 0 Å². The molecule has 0 saturated heterocycles. The van der Waals surface area contributed by atoms with Crippen molar-refractivity contribution in [3.63, 3.8) is 0 Å². The topological polar surface area (TPSA) is 152 Å². The Morgan fingerprint density at radius 2 is 1.90 bits per heavy atom. The normalized spacial score (nSPS) is 10.9. The quantitative estimate of drug-likeness (QED) is 0.490. The number of nitrogens with one attached hydrogen (secondary N) is 3. The number of nitrogens with zero attached hydrogens (tertiary/aromatic N) is 3. The van der Waals surface area contributed by atoms with Crippen LogP contribution in [0.5, 0.6) is 6.01 Å². The molecule has 11 nitrogen and oxygen atoms in total. The third-order valence-corrected chi connectivity index (χ3v) is 5.53. The van der Waals surface area contributed by atoms with Crippen molar-refractivity contribution in [2.24, 2.45) is 0 Å². The molecule has 0 radical (unpaired) electrons. The molecule has 0 saturated carbocycles. The van der Waals surface area contributed by atoms with Crippen LogP contribution in [0, 0.1) is 6.92 Å². The van der Waals surface area contributed by atoms with Crippen molar-refractivity contribution in [3.05, 3.63) is 29.0 Å². The zero-order chi connectivity index (χ0) is 22.3. The first-order valence-corrected chi connectivity index (χ1v) is 10.8. The second-order valence-corrected chi connectivity index (χ2v) is 8.11. The Labute approximate surface area is 182 Å². The molecule has 2 rings (SSSR count). The molecule has 0 aliphatic heterocycles. The van der Waals surface area contributed by atoms with Gasteiger partial charge in [0.2, 0.25) is 11.9 Å². The molecule has 1 aromatic heterocycles. The second-order valence-electron chi connectivity index (χ2n) is 5.71. The fraction of sp³-hybridized carbons (Fsp3) is 0.312. The highest BCUT2D eigenvalue weighted by Crippen LogP contribution is 2.29. The third kappa shape index (κ3) is 6.40. The molecule has 0 fully saturated rings. The van der Waals surface area contributed by atoms with Gasteiger partial charge in [-0.1, -0.05) is 17.7 Å². The van der Waals surface area contributed by atoms with Crippen molar-refractivity contribution in [1.29, 1.82) is 0 Å². The Balaban J connectivity index is 2.23. The van der Waals surface area contributed by atoms with Crippen LogP contribution in [0.25, 0.3) is 0 Å². The minimum Gasteiger partial charge on any atom is -0.467 e. The molecule has 0 unspecified atom stereocenters. The predicted molar refractivity (Wildman–Crippen MR) is 110 cm³/mol. The van der Waals surface area contributed by atoms with E-state index in [9.17, 15) is 18.0 Å². The summed E-state index contributed by atoms with van der Waals surface area (Å²) in [4.78, 5) is 35.2. The molecule has 0 aliphatic carbocycles. The van der Waals surface area contributed by atoms with Crippen molar-refractivity contribution in [1.82, 2.24) is 19.7 Å². The van der Waals surface area contributed by atoms with Crippen LogP contribution in [-0.2, 0) is 14.8 Å². The number of benzene rings is 1. The van der Waals surface area contributed by atoms with E-state index in [-0.39, 0.29) is 40.8 Å². The lowest BCUT2D eigenvalue weighted by molar-refractivity contribution is -0.116. The minimum atomic E-state index is -4.47. The van der Waals surface area contributed by atoms with Gasteiger partial charge in [0.25, 0.3) is 10.0 Å². The van der Waals surface area contributed by atoms with Gasteiger partial charge in [-0.05, 0) is 25.5 Å². The number of methoxy groups -OCH3 is 1. The van der Waals surface area contributed by atoms with Gasteiger partial charge < -0.3 is 10.1 Å². The minimum absolute atomic E-state index is 0.0614. The van der Waals surface area contributed by atoms with E-state index >= 15 is 0 Å². The van der Waals surface area contributed by atoms with E-state index in [0.29, 0.717) is 6.42 Å². The lowest BCUT2D eigenvalue weighted by Crippen LogP contribution is -2.35. The molecule has 14 heteroatoms. The molecule has 162 valence electrons. The van der Waals surface area contributed by atoms with Crippen LogP contribution in [0.4, 0.5) is 16.4 Å². The lowest BCUT2D eigenvalue weighted by atomic mass is 10.3. The highest BCUT2D eigenvalue weighted by molar-refractivity contribution is 7.90. The molecule has 3 N–H and O–H groups in total. The van der Waals surface area contributed by atoms with Gasteiger partial charge in [-0.15, -0.1) is 11.6 Å². The Morgan fingerprint density at radius 1 is 1.17 bits per heavy atom. The van der Waals surface area contributed by atoms with Crippen LogP contribution < -0.4 is 20.1 Å². The summed E-state index contributed by atoms with van der Waals surface area (Å²) in [5.41, 5.74) is -0.0833. The Hall–Kier alpha value is -2.70. The first-order chi connectivity index (χ1) is 14.2. The zero-order valence-electron chi connectivity index (χ0n) is 15.9. The number of alkyl halides is 1. The number of aryl methyl sites for hydroxylation is 1. The number of sulfonamides is 1. The maximum absolute atomic E-state index is 12.8. The second kappa shape index (κ2) is 10.4. The van der Waals surface area contributed by atoms with Crippen LogP contribution in [0.1, 0.15) is 18.7 Å². The highest BCUT2D eigenvalue weighted by Gasteiger charge is 2.26. The summed E-state index contributed by atoms with van der Waals surface area (Å²) in [7, 11) is -3.15. The van der Waals surface area contributed by atoms with Crippen LogP contribution in [0.3, 0.4) is 0 Å². The maximum Gasteiger partial charge on any atom is 0.335 e. The number of rotatable bonds is 8.